The van der Waals surface area contributed by atoms with Gasteiger partial charge in [-0.3, -0.25) is 0 Å². The number of hydrogen-bond donors (Lipinski definition) is 0. The number of benzene rings is 4. The zero-order chi connectivity index (χ0) is 25.1. The van der Waals surface area contributed by atoms with E-state index in [0.29, 0.717) is 5.92 Å². The van der Waals surface area contributed by atoms with E-state index in [1.54, 1.807) is 0 Å². The summed E-state index contributed by atoms with van der Waals surface area (Å²) < 4.78 is 2.34. The first kappa shape index (κ1) is 23.7. The van der Waals surface area contributed by atoms with Crippen LogP contribution in [0, 0.1) is 0 Å². The minimum absolute atomic E-state index is 0.502. The lowest BCUT2D eigenvalue weighted by Gasteiger charge is -2.21. The molecule has 0 aliphatic heterocycles. The molecule has 0 unspecified atom stereocenters. The number of pyridine rings is 1. The number of para-hydroxylation sites is 1. The van der Waals surface area contributed by atoms with E-state index in [4.69, 9.17) is 0 Å². The molecule has 5 rings (SSSR count). The van der Waals surface area contributed by atoms with Crippen molar-refractivity contribution in [2.45, 2.75) is 33.6 Å². The van der Waals surface area contributed by atoms with Gasteiger partial charge < -0.3 is 4.90 Å². The average molecular weight is 474 g/mol. The Morgan fingerprint density at radius 1 is 0.667 bits per heavy atom. The highest BCUT2D eigenvalue weighted by Gasteiger charge is 2.20. The van der Waals surface area contributed by atoms with Crippen LogP contribution in [0.2, 0.25) is 0 Å². The molecule has 1 heterocycles. The Morgan fingerprint density at radius 3 is 1.94 bits per heavy atom. The Balaban J connectivity index is 1.66. The molecule has 0 fully saturated rings. The molecular formula is C32H33N4+. The van der Waals surface area contributed by atoms with Gasteiger partial charge in [-0.15, -0.1) is 0 Å². The monoisotopic (exact) mass is 473 g/mol. The average Bonchev–Trinajstić information content (AvgIpc) is 2.92. The molecule has 0 saturated heterocycles. The van der Waals surface area contributed by atoms with Crippen molar-refractivity contribution in [3.63, 3.8) is 0 Å². The molecule has 0 radical (unpaired) electrons. The van der Waals surface area contributed by atoms with Crippen LogP contribution in [0.5, 0.6) is 0 Å². The van der Waals surface area contributed by atoms with Gasteiger partial charge in [0.05, 0.1) is 11.4 Å². The molecule has 4 nitrogen and oxygen atoms in total. The summed E-state index contributed by atoms with van der Waals surface area (Å²) in [5.74, 6) is 0.502. The smallest absolute Gasteiger partial charge is 0.221 e. The minimum Gasteiger partial charge on any atom is -0.372 e. The van der Waals surface area contributed by atoms with Gasteiger partial charge in [-0.25, -0.2) is 0 Å². The van der Waals surface area contributed by atoms with Gasteiger partial charge in [-0.1, -0.05) is 44.2 Å². The summed E-state index contributed by atoms with van der Waals surface area (Å²) in [6.45, 7) is 10.7. The summed E-state index contributed by atoms with van der Waals surface area (Å²) in [5, 5.41) is 11.5. The number of nitrogens with zero attached hydrogens (tertiary/aromatic N) is 4. The van der Waals surface area contributed by atoms with Gasteiger partial charge in [0.15, 0.2) is 0 Å². The van der Waals surface area contributed by atoms with Crippen molar-refractivity contribution in [2.75, 3.05) is 18.0 Å². The molecule has 0 aliphatic carbocycles. The Hall–Kier alpha value is -4.05. The van der Waals surface area contributed by atoms with Crippen LogP contribution < -0.4 is 9.47 Å². The van der Waals surface area contributed by atoms with E-state index in [1.807, 2.05) is 18.2 Å². The molecule has 0 bridgehead atoms. The van der Waals surface area contributed by atoms with Crippen LogP contribution in [0.4, 0.5) is 17.1 Å². The van der Waals surface area contributed by atoms with Crippen molar-refractivity contribution in [2.24, 2.45) is 10.2 Å². The number of hydrogen-bond acceptors (Lipinski definition) is 3. The van der Waals surface area contributed by atoms with E-state index in [2.05, 4.69) is 126 Å². The maximum absolute atomic E-state index is 4.59. The molecule has 180 valence electrons. The lowest BCUT2D eigenvalue weighted by atomic mass is 10.0. The standard InChI is InChI=1S/C32H33N4/c1-5-35(6-2)30-19-15-26-20-25-14-18-28(34-33-27-16-12-24(13-17-27)23(3)4)21-31(25)36(32(26)22-30)29-10-8-7-9-11-29/h7-23H,5-6H2,1-4H3/q+1. The van der Waals surface area contributed by atoms with Crippen LogP contribution in [-0.2, 0) is 0 Å². The van der Waals surface area contributed by atoms with Crippen LogP contribution in [0.15, 0.2) is 107 Å². The van der Waals surface area contributed by atoms with E-state index < -0.39 is 0 Å². The third-order valence-electron chi connectivity index (χ3n) is 6.80. The maximum Gasteiger partial charge on any atom is 0.221 e. The third kappa shape index (κ3) is 4.72. The van der Waals surface area contributed by atoms with Gasteiger partial charge in [0, 0.05) is 53.8 Å². The second kappa shape index (κ2) is 10.3. The zero-order valence-electron chi connectivity index (χ0n) is 21.5. The fourth-order valence-electron chi connectivity index (χ4n) is 4.74. The Morgan fingerprint density at radius 2 is 1.28 bits per heavy atom. The van der Waals surface area contributed by atoms with E-state index in [-0.39, 0.29) is 0 Å². The largest absolute Gasteiger partial charge is 0.372 e. The first-order valence-corrected chi connectivity index (χ1v) is 12.8. The van der Waals surface area contributed by atoms with Crippen LogP contribution in [0.1, 0.15) is 39.2 Å². The predicted octanol–water partition coefficient (Wildman–Crippen LogP) is 8.65. The van der Waals surface area contributed by atoms with Gasteiger partial charge in [-0.2, -0.15) is 14.8 Å². The van der Waals surface area contributed by atoms with Crippen LogP contribution in [0.25, 0.3) is 27.5 Å². The zero-order valence-corrected chi connectivity index (χ0v) is 21.5. The molecule has 0 N–H and O–H groups in total. The minimum atomic E-state index is 0.502. The highest BCUT2D eigenvalue weighted by Crippen LogP contribution is 2.28. The molecule has 0 atom stereocenters. The molecule has 36 heavy (non-hydrogen) atoms. The van der Waals surface area contributed by atoms with E-state index >= 15 is 0 Å². The number of azo groups is 1. The topological polar surface area (TPSA) is 31.8 Å². The highest BCUT2D eigenvalue weighted by molar-refractivity contribution is 5.91. The molecule has 1 aromatic heterocycles. The van der Waals surface area contributed by atoms with Crippen molar-refractivity contribution < 1.29 is 4.57 Å². The lowest BCUT2D eigenvalue weighted by molar-refractivity contribution is -0.537. The molecule has 0 saturated carbocycles. The van der Waals surface area contributed by atoms with Crippen molar-refractivity contribution in [3.8, 4) is 5.69 Å². The molecule has 0 spiro atoms. The summed E-state index contributed by atoms with van der Waals surface area (Å²) in [6, 6.07) is 34.2. The molecule has 5 aromatic rings. The van der Waals surface area contributed by atoms with Crippen LogP contribution in [0.3, 0.4) is 0 Å². The molecule has 4 heteroatoms. The van der Waals surface area contributed by atoms with Crippen molar-refractivity contribution in [1.82, 2.24) is 0 Å². The number of anilines is 1. The van der Waals surface area contributed by atoms with Gasteiger partial charge >= 0.3 is 0 Å². The van der Waals surface area contributed by atoms with Crippen LogP contribution in [-0.4, -0.2) is 13.1 Å². The third-order valence-corrected chi connectivity index (χ3v) is 6.80. The Kier molecular flexibility index (Phi) is 6.77. The first-order valence-electron chi connectivity index (χ1n) is 12.8. The number of fused-ring (bicyclic) bond motifs is 2. The second-order valence-electron chi connectivity index (χ2n) is 9.42. The van der Waals surface area contributed by atoms with Gasteiger partial charge in [0.25, 0.3) is 0 Å². The van der Waals surface area contributed by atoms with Gasteiger partial charge in [-0.05, 0) is 67.8 Å². The quantitative estimate of drug-likeness (QED) is 0.132. The second-order valence-corrected chi connectivity index (χ2v) is 9.42. The molecule has 0 aliphatic rings. The van der Waals surface area contributed by atoms with Gasteiger partial charge in [0.1, 0.15) is 0 Å². The van der Waals surface area contributed by atoms with E-state index in [0.717, 1.165) is 35.7 Å². The summed E-state index contributed by atoms with van der Waals surface area (Å²) in [7, 11) is 0. The maximum atomic E-state index is 4.59. The number of aromatic nitrogens is 1. The molecule has 4 aromatic carbocycles. The van der Waals surface area contributed by atoms with Crippen molar-refractivity contribution >= 4 is 38.9 Å². The molecule has 0 amide bonds. The van der Waals surface area contributed by atoms with E-state index in [9.17, 15) is 0 Å². The van der Waals surface area contributed by atoms with Crippen LogP contribution >= 0.6 is 0 Å². The Bertz CT molecular complexity index is 1520. The molecular weight excluding hydrogens is 440 g/mol. The Labute approximate surface area is 213 Å². The summed E-state index contributed by atoms with van der Waals surface area (Å²) in [4.78, 5) is 2.38. The summed E-state index contributed by atoms with van der Waals surface area (Å²) in [5.41, 5.74) is 7.64. The fourth-order valence-corrected chi connectivity index (χ4v) is 4.74. The SMILES string of the molecule is CCN(CC)c1ccc2cc3ccc(N=Nc4ccc(C(C)C)cc4)cc3[n+](-c3ccccc3)c2c1. The lowest BCUT2D eigenvalue weighted by Crippen LogP contribution is -2.33. The van der Waals surface area contributed by atoms with Crippen molar-refractivity contribution in [3.05, 3.63) is 103 Å². The first-order chi connectivity index (χ1) is 17.6. The summed E-state index contributed by atoms with van der Waals surface area (Å²) >= 11 is 0. The van der Waals surface area contributed by atoms with Crippen molar-refractivity contribution in [1.29, 1.82) is 0 Å². The van der Waals surface area contributed by atoms with E-state index in [1.165, 1.54) is 27.5 Å². The predicted molar refractivity (Wildman–Crippen MR) is 151 cm³/mol. The fraction of sp³-hybridized carbons (Fsp3) is 0.219. The highest BCUT2D eigenvalue weighted by atomic mass is 15.1. The number of rotatable bonds is 7. The van der Waals surface area contributed by atoms with Gasteiger partial charge in [0.2, 0.25) is 16.7 Å². The normalized spacial score (nSPS) is 11.7. The summed E-state index contributed by atoms with van der Waals surface area (Å²) in [6.07, 6.45) is 0.